The number of amides is 1. The molecule has 2 heterocycles. The molecule has 1 amide bonds. The molecule has 0 saturated heterocycles. The van der Waals surface area contributed by atoms with E-state index in [-0.39, 0.29) is 17.6 Å². The van der Waals surface area contributed by atoms with Gasteiger partial charge in [-0.3, -0.25) is 4.79 Å². The second kappa shape index (κ2) is 5.68. The average Bonchev–Trinajstić information content (AvgIpc) is 2.78. The maximum atomic E-state index is 11.4. The van der Waals surface area contributed by atoms with Gasteiger partial charge in [-0.15, -0.1) is 10.2 Å². The van der Waals surface area contributed by atoms with Gasteiger partial charge in [0.2, 0.25) is 0 Å². The van der Waals surface area contributed by atoms with Crippen molar-refractivity contribution in [3.63, 3.8) is 0 Å². The molecule has 0 aliphatic heterocycles. The summed E-state index contributed by atoms with van der Waals surface area (Å²) in [5.74, 6) is 1.10. The summed E-state index contributed by atoms with van der Waals surface area (Å²) in [5.41, 5.74) is 2.13. The third-order valence-electron chi connectivity index (χ3n) is 3.01. The predicted molar refractivity (Wildman–Crippen MR) is 73.4 cm³/mol. The molecule has 0 aromatic carbocycles. The van der Waals surface area contributed by atoms with Crippen molar-refractivity contribution < 1.29 is 9.32 Å². The van der Waals surface area contributed by atoms with Crippen molar-refractivity contribution in [3.05, 3.63) is 34.8 Å². The molecular weight excluding hydrogens is 258 g/mol. The molecule has 0 bridgehead atoms. The minimum absolute atomic E-state index is 0.0126. The first-order valence-corrected chi connectivity index (χ1v) is 6.28. The molecule has 106 valence electrons. The molecule has 2 rings (SSSR count). The summed E-state index contributed by atoms with van der Waals surface area (Å²) >= 11 is 0. The number of hydrogen-bond acceptors (Lipinski definition) is 6. The number of nitrogens with zero attached hydrogens (tertiary/aromatic N) is 3. The number of aromatic nitrogens is 3. The zero-order chi connectivity index (χ0) is 14.7. The Morgan fingerprint density at radius 1 is 1.30 bits per heavy atom. The van der Waals surface area contributed by atoms with Gasteiger partial charge in [0.05, 0.1) is 11.7 Å². The zero-order valence-corrected chi connectivity index (χ0v) is 11.9. The molecule has 7 heteroatoms. The predicted octanol–water partition coefficient (Wildman–Crippen LogP) is 1.61. The maximum Gasteiger partial charge on any atom is 0.271 e. The normalized spacial score (nSPS) is 12.0. The molecular formula is C13H17N5O2. The molecule has 0 saturated carbocycles. The SMILES string of the molecule is CNC(=O)c1ccc(NC(C)c2c(C)noc2C)nn1. The topological polar surface area (TPSA) is 92.9 Å². The minimum Gasteiger partial charge on any atom is -0.362 e. The van der Waals surface area contributed by atoms with E-state index in [2.05, 4.69) is 26.0 Å². The van der Waals surface area contributed by atoms with Gasteiger partial charge in [0, 0.05) is 12.6 Å². The van der Waals surface area contributed by atoms with Crippen molar-refractivity contribution in [1.82, 2.24) is 20.7 Å². The van der Waals surface area contributed by atoms with Crippen LogP contribution in [0, 0.1) is 13.8 Å². The summed E-state index contributed by atoms with van der Waals surface area (Å²) in [4.78, 5) is 11.4. The van der Waals surface area contributed by atoms with Crippen molar-refractivity contribution in [2.24, 2.45) is 0 Å². The minimum atomic E-state index is -0.261. The molecule has 20 heavy (non-hydrogen) atoms. The quantitative estimate of drug-likeness (QED) is 0.880. The van der Waals surface area contributed by atoms with Crippen LogP contribution in [0.5, 0.6) is 0 Å². The molecule has 0 fully saturated rings. The fourth-order valence-electron chi connectivity index (χ4n) is 2.06. The van der Waals surface area contributed by atoms with Crippen molar-refractivity contribution in [2.75, 3.05) is 12.4 Å². The molecule has 0 spiro atoms. The summed E-state index contributed by atoms with van der Waals surface area (Å²) in [7, 11) is 1.55. The van der Waals surface area contributed by atoms with Crippen LogP contribution in [0.25, 0.3) is 0 Å². The van der Waals surface area contributed by atoms with E-state index in [9.17, 15) is 4.79 Å². The lowest BCUT2D eigenvalue weighted by Crippen LogP contribution is -2.20. The average molecular weight is 275 g/mol. The molecule has 0 radical (unpaired) electrons. The van der Waals surface area contributed by atoms with Gasteiger partial charge in [-0.05, 0) is 32.9 Å². The Bertz CT molecular complexity index is 586. The molecule has 1 unspecified atom stereocenters. The lowest BCUT2D eigenvalue weighted by Gasteiger charge is -2.13. The van der Waals surface area contributed by atoms with Crippen molar-refractivity contribution in [1.29, 1.82) is 0 Å². The zero-order valence-electron chi connectivity index (χ0n) is 11.9. The Kier molecular flexibility index (Phi) is 3.97. The van der Waals surface area contributed by atoms with Crippen LogP contribution in [-0.2, 0) is 0 Å². The first kappa shape index (κ1) is 14.0. The maximum absolute atomic E-state index is 11.4. The summed E-state index contributed by atoms with van der Waals surface area (Å²) in [6, 6.07) is 3.32. The van der Waals surface area contributed by atoms with Gasteiger partial charge in [0.1, 0.15) is 11.6 Å². The molecule has 0 aliphatic rings. The molecule has 2 N–H and O–H groups in total. The highest BCUT2D eigenvalue weighted by molar-refractivity contribution is 5.91. The van der Waals surface area contributed by atoms with Crippen LogP contribution >= 0.6 is 0 Å². The fraction of sp³-hybridized carbons (Fsp3) is 0.385. The standard InChI is InChI=1S/C13H17N5O2/c1-7(12-8(2)18-20-9(12)3)15-11-6-5-10(16-17-11)13(19)14-4/h5-7H,1-4H3,(H,14,19)(H,15,17). The lowest BCUT2D eigenvalue weighted by atomic mass is 10.1. The van der Waals surface area contributed by atoms with Gasteiger partial charge in [-0.1, -0.05) is 5.16 Å². The van der Waals surface area contributed by atoms with Crippen molar-refractivity contribution in [3.8, 4) is 0 Å². The molecule has 1 atom stereocenters. The third-order valence-corrected chi connectivity index (χ3v) is 3.01. The lowest BCUT2D eigenvalue weighted by molar-refractivity contribution is 0.0957. The van der Waals surface area contributed by atoms with Crippen LogP contribution in [0.2, 0.25) is 0 Å². The summed E-state index contributed by atoms with van der Waals surface area (Å²) < 4.78 is 5.14. The van der Waals surface area contributed by atoms with Crippen LogP contribution in [-0.4, -0.2) is 28.3 Å². The van der Waals surface area contributed by atoms with E-state index in [1.807, 2.05) is 20.8 Å². The Morgan fingerprint density at radius 3 is 2.55 bits per heavy atom. The van der Waals surface area contributed by atoms with E-state index in [1.165, 1.54) is 0 Å². The van der Waals surface area contributed by atoms with Gasteiger partial charge in [-0.25, -0.2) is 0 Å². The Hall–Kier alpha value is -2.44. The van der Waals surface area contributed by atoms with Crippen LogP contribution < -0.4 is 10.6 Å². The smallest absolute Gasteiger partial charge is 0.271 e. The second-order valence-corrected chi connectivity index (χ2v) is 4.49. The number of aryl methyl sites for hydroxylation is 2. The van der Waals surface area contributed by atoms with Gasteiger partial charge in [0.25, 0.3) is 5.91 Å². The van der Waals surface area contributed by atoms with E-state index in [0.29, 0.717) is 5.82 Å². The molecule has 2 aromatic heterocycles. The van der Waals surface area contributed by atoms with Crippen molar-refractivity contribution >= 4 is 11.7 Å². The van der Waals surface area contributed by atoms with E-state index in [4.69, 9.17) is 4.52 Å². The van der Waals surface area contributed by atoms with Crippen molar-refractivity contribution in [2.45, 2.75) is 26.8 Å². The van der Waals surface area contributed by atoms with E-state index in [1.54, 1.807) is 19.2 Å². The molecule has 0 aliphatic carbocycles. The van der Waals surface area contributed by atoms with E-state index in [0.717, 1.165) is 17.0 Å². The van der Waals surface area contributed by atoms with Crippen LogP contribution in [0.1, 0.15) is 40.5 Å². The number of hydrogen-bond donors (Lipinski definition) is 2. The second-order valence-electron chi connectivity index (χ2n) is 4.49. The fourth-order valence-corrected chi connectivity index (χ4v) is 2.06. The summed E-state index contributed by atoms with van der Waals surface area (Å²) in [5, 5.41) is 17.5. The van der Waals surface area contributed by atoms with Gasteiger partial charge < -0.3 is 15.2 Å². The summed E-state index contributed by atoms with van der Waals surface area (Å²) in [6.07, 6.45) is 0. The molecule has 2 aromatic rings. The van der Waals surface area contributed by atoms with Crippen LogP contribution in [0.3, 0.4) is 0 Å². The van der Waals surface area contributed by atoms with Gasteiger partial charge in [-0.2, -0.15) is 0 Å². The number of nitrogens with one attached hydrogen (secondary N) is 2. The Balaban J connectivity index is 2.12. The highest BCUT2D eigenvalue weighted by Crippen LogP contribution is 2.23. The highest BCUT2D eigenvalue weighted by Gasteiger charge is 2.17. The Morgan fingerprint density at radius 2 is 2.05 bits per heavy atom. The largest absolute Gasteiger partial charge is 0.362 e. The van der Waals surface area contributed by atoms with Crippen LogP contribution in [0.4, 0.5) is 5.82 Å². The Labute approximate surface area is 116 Å². The molecule has 7 nitrogen and oxygen atoms in total. The van der Waals surface area contributed by atoms with Crippen LogP contribution in [0.15, 0.2) is 16.7 Å². The highest BCUT2D eigenvalue weighted by atomic mass is 16.5. The monoisotopic (exact) mass is 275 g/mol. The van der Waals surface area contributed by atoms with Gasteiger partial charge in [0.15, 0.2) is 5.69 Å². The first-order valence-electron chi connectivity index (χ1n) is 6.28. The van der Waals surface area contributed by atoms with E-state index >= 15 is 0 Å². The van der Waals surface area contributed by atoms with Gasteiger partial charge >= 0.3 is 0 Å². The number of carbonyl (C=O) groups is 1. The number of rotatable bonds is 4. The first-order chi connectivity index (χ1) is 9.52. The van der Waals surface area contributed by atoms with E-state index < -0.39 is 0 Å². The number of carbonyl (C=O) groups excluding carboxylic acids is 1. The third kappa shape index (κ3) is 2.76. The number of anilines is 1. The summed E-state index contributed by atoms with van der Waals surface area (Å²) in [6.45, 7) is 5.75.